The van der Waals surface area contributed by atoms with Crippen LogP contribution in [0, 0.1) is 11.3 Å². The highest BCUT2D eigenvalue weighted by molar-refractivity contribution is 5.49. The van der Waals surface area contributed by atoms with Crippen LogP contribution in [-0.4, -0.2) is 75.6 Å². The highest BCUT2D eigenvalue weighted by Gasteiger charge is 2.14. The van der Waals surface area contributed by atoms with Gasteiger partial charge in [-0.25, -0.2) is 0 Å². The molecule has 0 rings (SSSR count). The predicted molar refractivity (Wildman–Crippen MR) is 84.3 cm³/mol. The summed E-state index contributed by atoms with van der Waals surface area (Å²) in [6.07, 6.45) is 0.939. The van der Waals surface area contributed by atoms with Gasteiger partial charge in [-0.15, -0.1) is 0 Å². The van der Waals surface area contributed by atoms with Gasteiger partial charge in [0.25, 0.3) is 0 Å². The van der Waals surface area contributed by atoms with Crippen molar-refractivity contribution in [2.45, 2.75) is 52.7 Å². The molecule has 1 unspecified atom stereocenters. The Labute approximate surface area is 133 Å². The van der Waals surface area contributed by atoms with Gasteiger partial charge in [0.1, 0.15) is 18.5 Å². The van der Waals surface area contributed by atoms with Crippen LogP contribution >= 0.6 is 0 Å². The lowest BCUT2D eigenvalue weighted by atomic mass is 9.84. The van der Waals surface area contributed by atoms with E-state index in [9.17, 15) is 4.79 Å². The summed E-state index contributed by atoms with van der Waals surface area (Å²) in [5.41, 5.74) is 0.364. The monoisotopic (exact) mass is 326 g/mol. The summed E-state index contributed by atoms with van der Waals surface area (Å²) < 4.78 is 0. The fraction of sp³-hybridized carbons (Fsp3) is 0.933. The zero-order chi connectivity index (χ0) is 18.2. The molecule has 0 aliphatic rings. The van der Waals surface area contributed by atoms with Crippen molar-refractivity contribution >= 4 is 6.29 Å². The predicted octanol–water partition coefficient (Wildman–Crippen LogP) is -0.688. The van der Waals surface area contributed by atoms with E-state index in [1.807, 2.05) is 0 Å². The SMILES string of the molecule is CC(CC=O)CC(C)(C)C.OCC(O)CO.OCC(O)CO. The standard InChI is InChI=1S/C9H18O.2C3H8O3/c1-8(5-6-10)7-9(2,3)4;2*4-1-3(6)2-5/h6,8H,5,7H2,1-4H3;2*3-6H,1-2H2. The number of carbonyl (C=O) groups excluding carboxylic acids is 1. The third kappa shape index (κ3) is 27.7. The van der Waals surface area contributed by atoms with Gasteiger partial charge in [-0.1, -0.05) is 27.7 Å². The van der Waals surface area contributed by atoms with Crippen molar-refractivity contribution in [3.8, 4) is 0 Å². The molecule has 0 fully saturated rings. The summed E-state index contributed by atoms with van der Waals surface area (Å²) in [5.74, 6) is 0.539. The fourth-order valence-corrected chi connectivity index (χ4v) is 1.41. The van der Waals surface area contributed by atoms with Crippen LogP contribution in [-0.2, 0) is 4.79 Å². The van der Waals surface area contributed by atoms with Crippen molar-refractivity contribution in [1.82, 2.24) is 0 Å². The number of aliphatic hydroxyl groups excluding tert-OH is 6. The molecular formula is C15H34O7. The third-order valence-corrected chi connectivity index (χ3v) is 2.30. The number of hydrogen-bond donors (Lipinski definition) is 6. The second kappa shape index (κ2) is 16.8. The van der Waals surface area contributed by atoms with Crippen molar-refractivity contribution < 1.29 is 35.4 Å². The summed E-state index contributed by atoms with van der Waals surface area (Å²) in [7, 11) is 0. The van der Waals surface area contributed by atoms with E-state index in [4.69, 9.17) is 30.6 Å². The maximum atomic E-state index is 10.1. The molecule has 136 valence electrons. The van der Waals surface area contributed by atoms with E-state index in [1.165, 1.54) is 0 Å². The largest absolute Gasteiger partial charge is 0.394 e. The van der Waals surface area contributed by atoms with Crippen LogP contribution in [0.5, 0.6) is 0 Å². The Morgan fingerprint density at radius 1 is 0.864 bits per heavy atom. The molecule has 0 aromatic rings. The molecule has 0 aromatic heterocycles. The van der Waals surface area contributed by atoms with Crippen molar-refractivity contribution in [3.63, 3.8) is 0 Å². The third-order valence-electron chi connectivity index (χ3n) is 2.30. The van der Waals surface area contributed by atoms with Crippen molar-refractivity contribution in [1.29, 1.82) is 0 Å². The number of carbonyl (C=O) groups is 1. The lowest BCUT2D eigenvalue weighted by Gasteiger charge is -2.21. The lowest BCUT2D eigenvalue weighted by molar-refractivity contribution is -0.108. The Hall–Kier alpha value is -0.570. The fourth-order valence-electron chi connectivity index (χ4n) is 1.41. The van der Waals surface area contributed by atoms with E-state index in [0.717, 1.165) is 12.7 Å². The number of aliphatic hydroxyl groups is 6. The van der Waals surface area contributed by atoms with Crippen LogP contribution in [0.15, 0.2) is 0 Å². The van der Waals surface area contributed by atoms with Gasteiger partial charge in [-0.05, 0) is 17.8 Å². The topological polar surface area (TPSA) is 138 Å². The molecule has 7 nitrogen and oxygen atoms in total. The summed E-state index contributed by atoms with van der Waals surface area (Å²) in [6.45, 7) is 7.27. The van der Waals surface area contributed by atoms with E-state index >= 15 is 0 Å². The van der Waals surface area contributed by atoms with E-state index in [2.05, 4.69) is 27.7 Å². The van der Waals surface area contributed by atoms with E-state index in [-0.39, 0.29) is 26.4 Å². The summed E-state index contributed by atoms with van der Waals surface area (Å²) in [5, 5.41) is 48.0. The molecule has 0 amide bonds. The van der Waals surface area contributed by atoms with Crippen LogP contribution in [0.1, 0.15) is 40.5 Å². The minimum Gasteiger partial charge on any atom is -0.394 e. The average molecular weight is 326 g/mol. The van der Waals surface area contributed by atoms with Crippen molar-refractivity contribution in [3.05, 3.63) is 0 Å². The summed E-state index contributed by atoms with van der Waals surface area (Å²) >= 11 is 0. The van der Waals surface area contributed by atoms with Gasteiger partial charge in [0.2, 0.25) is 0 Å². The Morgan fingerprint density at radius 3 is 1.32 bits per heavy atom. The number of rotatable bonds is 7. The first-order valence-corrected chi connectivity index (χ1v) is 7.31. The van der Waals surface area contributed by atoms with E-state index in [0.29, 0.717) is 17.8 Å². The summed E-state index contributed by atoms with van der Waals surface area (Å²) in [4.78, 5) is 10.1. The minimum absolute atomic E-state index is 0.364. The van der Waals surface area contributed by atoms with E-state index < -0.39 is 12.2 Å². The van der Waals surface area contributed by atoms with Gasteiger partial charge in [-0.3, -0.25) is 0 Å². The zero-order valence-electron chi connectivity index (χ0n) is 14.1. The van der Waals surface area contributed by atoms with Gasteiger partial charge in [0.05, 0.1) is 26.4 Å². The van der Waals surface area contributed by atoms with Gasteiger partial charge in [0, 0.05) is 6.42 Å². The number of hydrogen-bond acceptors (Lipinski definition) is 7. The quantitative estimate of drug-likeness (QED) is 0.340. The normalized spacial score (nSPS) is 12.2. The van der Waals surface area contributed by atoms with Crippen molar-refractivity contribution in [2.75, 3.05) is 26.4 Å². The highest BCUT2D eigenvalue weighted by atomic mass is 16.3. The van der Waals surface area contributed by atoms with Gasteiger partial charge in [-0.2, -0.15) is 0 Å². The molecule has 1 atom stereocenters. The molecule has 0 bridgehead atoms. The van der Waals surface area contributed by atoms with Crippen molar-refractivity contribution in [2.24, 2.45) is 11.3 Å². The van der Waals surface area contributed by atoms with Crippen LogP contribution in [0.3, 0.4) is 0 Å². The molecule has 0 aliphatic heterocycles. The number of aldehydes is 1. The Bertz CT molecular complexity index is 210. The van der Waals surface area contributed by atoms with Gasteiger partial charge >= 0.3 is 0 Å². The maximum absolute atomic E-state index is 10.1. The second-order valence-electron chi connectivity index (χ2n) is 6.31. The van der Waals surface area contributed by atoms with Gasteiger partial charge in [0.15, 0.2) is 0 Å². The molecule has 22 heavy (non-hydrogen) atoms. The smallest absolute Gasteiger partial charge is 0.120 e. The summed E-state index contributed by atoms with van der Waals surface area (Å²) in [6, 6.07) is 0. The molecular weight excluding hydrogens is 292 g/mol. The second-order valence-corrected chi connectivity index (χ2v) is 6.31. The van der Waals surface area contributed by atoms with Crippen LogP contribution in [0.25, 0.3) is 0 Å². The van der Waals surface area contributed by atoms with E-state index in [1.54, 1.807) is 0 Å². The molecule has 0 radical (unpaired) electrons. The lowest BCUT2D eigenvalue weighted by Crippen LogP contribution is -2.15. The average Bonchev–Trinajstić information content (AvgIpc) is 2.45. The van der Waals surface area contributed by atoms with Crippen LogP contribution in [0.2, 0.25) is 0 Å². The van der Waals surface area contributed by atoms with Crippen LogP contribution < -0.4 is 0 Å². The Balaban J connectivity index is -0.000000261. The molecule has 0 spiro atoms. The first-order valence-electron chi connectivity index (χ1n) is 7.31. The maximum Gasteiger partial charge on any atom is 0.120 e. The first kappa shape index (κ1) is 26.3. The Morgan fingerprint density at radius 2 is 1.18 bits per heavy atom. The van der Waals surface area contributed by atoms with Crippen LogP contribution in [0.4, 0.5) is 0 Å². The first-order chi connectivity index (χ1) is 10.1. The molecule has 6 N–H and O–H groups in total. The molecule has 0 aliphatic carbocycles. The molecule has 0 saturated carbocycles. The van der Waals surface area contributed by atoms with Gasteiger partial charge < -0.3 is 35.4 Å². The molecule has 0 heterocycles. The Kier molecular flexibility index (Phi) is 20.1. The molecule has 7 heteroatoms. The zero-order valence-corrected chi connectivity index (χ0v) is 14.1. The molecule has 0 aromatic carbocycles. The minimum atomic E-state index is -0.954. The highest BCUT2D eigenvalue weighted by Crippen LogP contribution is 2.25. The molecule has 0 saturated heterocycles.